The number of aliphatic hydroxyl groups is 1. The average molecular weight is 521 g/mol. The van der Waals surface area contributed by atoms with E-state index in [1.54, 1.807) is 0 Å². The Labute approximate surface area is 177 Å². The Hall–Kier alpha value is -1.52. The van der Waals surface area contributed by atoms with E-state index in [0.717, 1.165) is 0 Å². The number of nitrogens with two attached hydrogens (primary N) is 1. The quantitative estimate of drug-likeness (QED) is 0.199. The summed E-state index contributed by atoms with van der Waals surface area (Å²) in [5, 5.41) is 10.3. The SMILES string of the molecule is Nc1nc2c(ncn2[C@@H]2CO[C@H](COP(=O)(O)OP(=O)(O)OP(=O)(O)O)[C@@H](O)C2)c(=O)[nH]1. The van der Waals surface area contributed by atoms with Crippen molar-refractivity contribution in [3.63, 3.8) is 0 Å². The number of aromatic amines is 1. The minimum atomic E-state index is -5.66. The molecule has 1 fully saturated rings. The summed E-state index contributed by atoms with van der Waals surface area (Å²) in [6, 6.07) is -0.550. The number of aliphatic hydroxyl groups excluding tert-OH is 1. The molecule has 3 rings (SSSR count). The van der Waals surface area contributed by atoms with Crippen LogP contribution in [0.15, 0.2) is 11.1 Å². The number of imidazole rings is 1. The molecule has 8 N–H and O–H groups in total. The second-order valence-electron chi connectivity index (χ2n) is 6.49. The molecule has 0 aromatic carbocycles. The van der Waals surface area contributed by atoms with Gasteiger partial charge < -0.3 is 39.7 Å². The summed E-state index contributed by atoms with van der Waals surface area (Å²) >= 11 is 0. The molecular weight excluding hydrogens is 503 g/mol. The summed E-state index contributed by atoms with van der Waals surface area (Å²) in [7, 11) is -16.5. The van der Waals surface area contributed by atoms with Gasteiger partial charge in [0.1, 0.15) is 6.10 Å². The molecule has 21 heteroatoms. The zero-order chi connectivity index (χ0) is 23.9. The topological polar surface area (TPSA) is 279 Å². The van der Waals surface area contributed by atoms with Gasteiger partial charge in [-0.25, -0.2) is 18.7 Å². The highest BCUT2D eigenvalue weighted by Crippen LogP contribution is 2.66. The maximum absolute atomic E-state index is 11.9. The fourth-order valence-electron chi connectivity index (χ4n) is 2.88. The highest BCUT2D eigenvalue weighted by molar-refractivity contribution is 7.66. The Kier molecular flexibility index (Phi) is 7.08. The Morgan fingerprint density at radius 2 is 1.91 bits per heavy atom. The molecule has 0 aliphatic carbocycles. The molecule has 180 valence electrons. The summed E-state index contributed by atoms with van der Waals surface area (Å²) in [5.41, 5.74) is 5.14. The number of phosphoric ester groups is 1. The number of nitrogen functional groups attached to an aromatic ring is 1. The van der Waals surface area contributed by atoms with Gasteiger partial charge in [0.2, 0.25) is 5.95 Å². The van der Waals surface area contributed by atoms with Crippen molar-refractivity contribution in [2.45, 2.75) is 24.7 Å². The monoisotopic (exact) mass is 521 g/mol. The van der Waals surface area contributed by atoms with Gasteiger partial charge in [0.15, 0.2) is 11.2 Å². The van der Waals surface area contributed by atoms with E-state index >= 15 is 0 Å². The Bertz CT molecular complexity index is 1190. The Balaban J connectivity index is 1.62. The zero-order valence-corrected chi connectivity index (χ0v) is 18.4. The van der Waals surface area contributed by atoms with Gasteiger partial charge in [0.05, 0.1) is 31.7 Å². The first-order valence-corrected chi connectivity index (χ1v) is 13.0. The molecule has 0 saturated carbocycles. The molecule has 1 aliphatic heterocycles. The van der Waals surface area contributed by atoms with Crippen LogP contribution in [-0.4, -0.2) is 69.6 Å². The fraction of sp³-hybridized carbons (Fsp3) is 0.545. The van der Waals surface area contributed by atoms with Gasteiger partial charge in [-0.05, 0) is 6.42 Å². The maximum Gasteiger partial charge on any atom is 0.490 e. The number of aromatic nitrogens is 4. The van der Waals surface area contributed by atoms with Crippen LogP contribution < -0.4 is 11.3 Å². The first kappa shape index (κ1) is 25.1. The summed E-state index contributed by atoms with van der Waals surface area (Å²) in [5.74, 6) is -0.143. The molecule has 1 saturated heterocycles. The number of anilines is 1. The molecular formula is C11H18N5O13P3. The summed E-state index contributed by atoms with van der Waals surface area (Å²) < 4.78 is 52.2. The van der Waals surface area contributed by atoms with Crippen LogP contribution in [0.5, 0.6) is 0 Å². The normalized spacial score (nSPS) is 26.0. The van der Waals surface area contributed by atoms with Gasteiger partial charge in [-0.2, -0.15) is 13.6 Å². The van der Waals surface area contributed by atoms with Gasteiger partial charge in [-0.15, -0.1) is 0 Å². The highest BCUT2D eigenvalue weighted by atomic mass is 31.3. The lowest BCUT2D eigenvalue weighted by atomic mass is 10.0. The van der Waals surface area contributed by atoms with E-state index in [9.17, 15) is 28.5 Å². The number of ether oxygens (including phenoxy) is 1. The molecule has 0 radical (unpaired) electrons. The Morgan fingerprint density at radius 1 is 1.22 bits per heavy atom. The molecule has 3 heterocycles. The molecule has 0 bridgehead atoms. The van der Waals surface area contributed by atoms with Crippen LogP contribution in [0.4, 0.5) is 5.95 Å². The van der Waals surface area contributed by atoms with Crippen molar-refractivity contribution < 1.29 is 56.3 Å². The van der Waals surface area contributed by atoms with Crippen LogP contribution in [0.3, 0.4) is 0 Å². The third-order valence-electron chi connectivity index (χ3n) is 4.11. The molecule has 2 aromatic rings. The lowest BCUT2D eigenvalue weighted by molar-refractivity contribution is -0.110. The lowest BCUT2D eigenvalue weighted by Crippen LogP contribution is -2.42. The number of fused-ring (bicyclic) bond motifs is 1. The van der Waals surface area contributed by atoms with Crippen molar-refractivity contribution >= 4 is 40.6 Å². The smallest absolute Gasteiger partial charge is 0.390 e. The van der Waals surface area contributed by atoms with E-state index in [4.69, 9.17) is 25.2 Å². The number of hydrogen-bond donors (Lipinski definition) is 7. The van der Waals surface area contributed by atoms with E-state index < -0.39 is 53.9 Å². The molecule has 0 spiro atoms. The van der Waals surface area contributed by atoms with Gasteiger partial charge in [-0.1, -0.05) is 0 Å². The van der Waals surface area contributed by atoms with Gasteiger partial charge in [0.25, 0.3) is 5.56 Å². The van der Waals surface area contributed by atoms with E-state index in [2.05, 4.69) is 28.1 Å². The molecule has 5 atom stereocenters. The summed E-state index contributed by atoms with van der Waals surface area (Å²) in [6.07, 6.45) is -1.16. The van der Waals surface area contributed by atoms with Crippen LogP contribution in [0.2, 0.25) is 0 Å². The number of phosphoric acid groups is 3. The van der Waals surface area contributed by atoms with Gasteiger partial charge in [-0.3, -0.25) is 14.3 Å². The lowest BCUT2D eigenvalue weighted by Gasteiger charge is -2.34. The van der Waals surface area contributed by atoms with E-state index in [1.165, 1.54) is 10.9 Å². The number of nitrogens with one attached hydrogen (secondary N) is 1. The highest BCUT2D eigenvalue weighted by Gasteiger charge is 2.42. The third kappa shape index (κ3) is 6.29. The van der Waals surface area contributed by atoms with E-state index in [0.29, 0.717) is 0 Å². The predicted octanol–water partition coefficient (Wildman–Crippen LogP) is -1.26. The second-order valence-corrected chi connectivity index (χ2v) is 10.9. The average Bonchev–Trinajstić information content (AvgIpc) is 3.01. The minimum Gasteiger partial charge on any atom is -0.390 e. The van der Waals surface area contributed by atoms with Crippen LogP contribution in [-0.2, 0) is 31.6 Å². The van der Waals surface area contributed by atoms with Crippen molar-refractivity contribution in [1.29, 1.82) is 0 Å². The summed E-state index contributed by atoms with van der Waals surface area (Å²) in [6.45, 7) is -0.881. The minimum absolute atomic E-state index is 0.00423. The van der Waals surface area contributed by atoms with E-state index in [-0.39, 0.29) is 30.1 Å². The van der Waals surface area contributed by atoms with Gasteiger partial charge >= 0.3 is 23.5 Å². The van der Waals surface area contributed by atoms with Crippen molar-refractivity contribution in [2.24, 2.45) is 0 Å². The van der Waals surface area contributed by atoms with Crippen LogP contribution in [0.1, 0.15) is 12.5 Å². The number of hydrogen-bond acceptors (Lipinski definition) is 12. The Morgan fingerprint density at radius 3 is 2.53 bits per heavy atom. The first-order chi connectivity index (χ1) is 14.7. The number of rotatable bonds is 8. The number of H-pyrrole nitrogens is 1. The zero-order valence-electron chi connectivity index (χ0n) is 15.7. The molecule has 2 aromatic heterocycles. The molecule has 32 heavy (non-hydrogen) atoms. The largest absolute Gasteiger partial charge is 0.490 e. The van der Waals surface area contributed by atoms with Crippen molar-refractivity contribution in [3.8, 4) is 0 Å². The first-order valence-electron chi connectivity index (χ1n) is 8.46. The van der Waals surface area contributed by atoms with Crippen molar-refractivity contribution in [3.05, 3.63) is 16.7 Å². The van der Waals surface area contributed by atoms with Crippen LogP contribution >= 0.6 is 23.5 Å². The standard InChI is InChI=1S/C11H18N5O13P3/c12-11-14-9-8(10(18)15-11)13-4-16(9)5-1-6(17)7(26-2-5)3-27-31(22,23)29-32(24,25)28-30(19,20)21/h4-7,17H,1-3H2,(H,22,23)(H,24,25)(H2,19,20,21)(H3,12,14,15,18)/t5-,6-,7+/m0/s1. The summed E-state index contributed by atoms with van der Waals surface area (Å²) in [4.78, 5) is 57.7. The van der Waals surface area contributed by atoms with Gasteiger partial charge in [0, 0.05) is 0 Å². The molecule has 2 unspecified atom stereocenters. The molecule has 1 aliphatic rings. The van der Waals surface area contributed by atoms with E-state index in [1.807, 2.05) is 0 Å². The predicted molar refractivity (Wildman–Crippen MR) is 102 cm³/mol. The third-order valence-corrected chi connectivity index (χ3v) is 7.91. The molecule has 18 nitrogen and oxygen atoms in total. The number of nitrogens with zero attached hydrogens (tertiary/aromatic N) is 3. The van der Waals surface area contributed by atoms with Crippen LogP contribution in [0.25, 0.3) is 11.2 Å². The van der Waals surface area contributed by atoms with Crippen molar-refractivity contribution in [1.82, 2.24) is 19.5 Å². The molecule has 0 amide bonds. The van der Waals surface area contributed by atoms with Crippen molar-refractivity contribution in [2.75, 3.05) is 18.9 Å². The maximum atomic E-state index is 11.9. The van der Waals surface area contributed by atoms with Crippen LogP contribution in [0, 0.1) is 0 Å². The second kappa shape index (κ2) is 9.02. The fourth-order valence-corrected chi connectivity index (χ4v) is 5.91.